The van der Waals surface area contributed by atoms with Crippen molar-refractivity contribution in [3.63, 3.8) is 0 Å². The summed E-state index contributed by atoms with van der Waals surface area (Å²) in [5.74, 6) is 0.164. The Morgan fingerprint density at radius 3 is 1.60 bits per heavy atom. The van der Waals surface area contributed by atoms with Crippen LogP contribution in [0.15, 0.2) is 0 Å². The molecule has 0 atom stereocenters. The van der Waals surface area contributed by atoms with Crippen LogP contribution in [0, 0.1) is 16.2 Å². The topological polar surface area (TPSA) is 29.1 Å². The van der Waals surface area contributed by atoms with Crippen molar-refractivity contribution in [1.29, 1.82) is 0 Å². The van der Waals surface area contributed by atoms with Gasteiger partial charge in [0.1, 0.15) is 0 Å². The van der Waals surface area contributed by atoms with E-state index in [1.165, 1.54) is 0 Å². The van der Waals surface area contributed by atoms with Gasteiger partial charge < -0.3 is 5.32 Å². The van der Waals surface area contributed by atoms with Gasteiger partial charge in [0.25, 0.3) is 0 Å². The maximum atomic E-state index is 12.1. The van der Waals surface area contributed by atoms with Crippen LogP contribution in [-0.4, -0.2) is 11.4 Å². The van der Waals surface area contributed by atoms with Gasteiger partial charge in [-0.05, 0) is 24.7 Å². The van der Waals surface area contributed by atoms with E-state index in [2.05, 4.69) is 46.9 Å². The van der Waals surface area contributed by atoms with Crippen molar-refractivity contribution in [1.82, 2.24) is 5.32 Å². The lowest BCUT2D eigenvalue weighted by Crippen LogP contribution is -2.71. The fourth-order valence-corrected chi connectivity index (χ4v) is 2.44. The lowest BCUT2D eigenvalue weighted by molar-refractivity contribution is -0.165. The first-order chi connectivity index (χ1) is 6.38. The third-order valence-corrected chi connectivity index (χ3v) is 5.68. The number of rotatable bonds is 0. The molecule has 2 nitrogen and oxygen atoms in total. The Morgan fingerprint density at radius 2 is 1.20 bits per heavy atom. The van der Waals surface area contributed by atoms with Crippen LogP contribution in [0.25, 0.3) is 0 Å². The number of amides is 1. The molecule has 0 unspecified atom stereocenters. The van der Waals surface area contributed by atoms with E-state index >= 15 is 0 Å². The monoisotopic (exact) mass is 211 g/mol. The van der Waals surface area contributed by atoms with E-state index in [0.717, 1.165) is 0 Å². The number of hydrogen-bond donors (Lipinski definition) is 1. The third kappa shape index (κ3) is 1.26. The second-order valence-corrected chi connectivity index (χ2v) is 6.95. The molecule has 88 valence electrons. The molecular formula is C13H25NO. The highest BCUT2D eigenvalue weighted by Crippen LogP contribution is 2.58. The van der Waals surface area contributed by atoms with Crippen LogP contribution in [0.3, 0.4) is 0 Å². The molecule has 0 bridgehead atoms. The molecule has 0 saturated carbocycles. The molecule has 1 rings (SSSR count). The molecule has 0 aliphatic carbocycles. The highest BCUT2D eigenvalue weighted by atomic mass is 16.2. The average molecular weight is 211 g/mol. The van der Waals surface area contributed by atoms with Crippen LogP contribution >= 0.6 is 0 Å². The smallest absolute Gasteiger partial charge is 0.226 e. The van der Waals surface area contributed by atoms with E-state index in [0.29, 0.717) is 0 Å². The first-order valence-electron chi connectivity index (χ1n) is 5.70. The Balaban J connectivity index is 3.36. The lowest BCUT2D eigenvalue weighted by atomic mass is 9.47. The van der Waals surface area contributed by atoms with Crippen molar-refractivity contribution in [2.45, 2.75) is 60.9 Å². The zero-order valence-corrected chi connectivity index (χ0v) is 11.4. The van der Waals surface area contributed by atoms with Gasteiger partial charge in [0.15, 0.2) is 0 Å². The number of piperidine rings is 1. The van der Waals surface area contributed by atoms with Crippen molar-refractivity contribution < 1.29 is 4.79 Å². The zero-order valence-electron chi connectivity index (χ0n) is 11.4. The Labute approximate surface area is 93.8 Å². The van der Waals surface area contributed by atoms with E-state index in [1.54, 1.807) is 0 Å². The standard InChI is InChI=1S/C13H25NO/c1-10(2)9(15)14-13(7,8)12(5,6)11(10,3)4/h1-8H3,(H,14,15). The highest BCUT2D eigenvalue weighted by Gasteiger charge is 2.61. The molecule has 15 heavy (non-hydrogen) atoms. The first kappa shape index (κ1) is 12.5. The minimum atomic E-state index is -0.327. The van der Waals surface area contributed by atoms with Gasteiger partial charge in [-0.2, -0.15) is 0 Å². The Hall–Kier alpha value is -0.530. The Bertz CT molecular complexity index is 298. The predicted octanol–water partition coefficient (Wildman–Crippen LogP) is 2.97. The summed E-state index contributed by atoms with van der Waals surface area (Å²) in [5.41, 5.74) is -0.474. The predicted molar refractivity (Wildman–Crippen MR) is 63.6 cm³/mol. The SMILES string of the molecule is CC1(C)NC(=O)C(C)(C)C(C)(C)C1(C)C. The molecule has 1 amide bonds. The average Bonchev–Trinajstić information content (AvgIpc) is 2.00. The molecule has 0 aromatic carbocycles. The maximum Gasteiger partial charge on any atom is 0.226 e. The minimum Gasteiger partial charge on any atom is -0.350 e. The fraction of sp³-hybridized carbons (Fsp3) is 0.923. The molecule has 1 heterocycles. The van der Waals surface area contributed by atoms with E-state index in [9.17, 15) is 4.79 Å². The second kappa shape index (κ2) is 2.78. The van der Waals surface area contributed by atoms with Crippen LogP contribution in [0.5, 0.6) is 0 Å². The number of carbonyl (C=O) groups is 1. The van der Waals surface area contributed by atoms with Gasteiger partial charge >= 0.3 is 0 Å². The van der Waals surface area contributed by atoms with Gasteiger partial charge in [0.2, 0.25) is 5.91 Å². The van der Waals surface area contributed by atoms with Gasteiger partial charge in [-0.3, -0.25) is 4.79 Å². The molecule has 0 spiro atoms. The van der Waals surface area contributed by atoms with E-state index in [4.69, 9.17) is 0 Å². The summed E-state index contributed by atoms with van der Waals surface area (Å²) >= 11 is 0. The lowest BCUT2D eigenvalue weighted by Gasteiger charge is -2.62. The molecule has 0 aromatic rings. The van der Waals surface area contributed by atoms with E-state index in [1.807, 2.05) is 13.8 Å². The van der Waals surface area contributed by atoms with Crippen molar-refractivity contribution in [3.8, 4) is 0 Å². The summed E-state index contributed by atoms with van der Waals surface area (Å²) in [5, 5.41) is 3.15. The van der Waals surface area contributed by atoms with Crippen molar-refractivity contribution >= 4 is 5.91 Å². The summed E-state index contributed by atoms with van der Waals surface area (Å²) in [7, 11) is 0. The molecule has 1 N–H and O–H groups in total. The highest BCUT2D eigenvalue weighted by molar-refractivity contribution is 5.85. The summed E-state index contributed by atoms with van der Waals surface area (Å²) in [6.45, 7) is 17.2. The zero-order chi connectivity index (χ0) is 12.3. The molecule has 1 aliphatic rings. The first-order valence-corrected chi connectivity index (χ1v) is 5.70. The van der Waals surface area contributed by atoms with Gasteiger partial charge in [-0.15, -0.1) is 0 Å². The van der Waals surface area contributed by atoms with Crippen LogP contribution in [-0.2, 0) is 4.79 Å². The summed E-state index contributed by atoms with van der Waals surface area (Å²) in [6, 6.07) is 0. The largest absolute Gasteiger partial charge is 0.350 e. The summed E-state index contributed by atoms with van der Waals surface area (Å²) in [6.07, 6.45) is 0. The normalized spacial score (nSPS) is 30.8. The van der Waals surface area contributed by atoms with Crippen molar-refractivity contribution in [2.75, 3.05) is 0 Å². The molecule has 2 heteroatoms. The van der Waals surface area contributed by atoms with Gasteiger partial charge in [-0.25, -0.2) is 0 Å². The molecular weight excluding hydrogens is 186 g/mol. The summed E-state index contributed by atoms with van der Waals surface area (Å²) in [4.78, 5) is 12.1. The molecule has 1 saturated heterocycles. The van der Waals surface area contributed by atoms with Crippen LogP contribution in [0.4, 0.5) is 0 Å². The molecule has 0 aromatic heterocycles. The molecule has 0 radical (unpaired) electrons. The molecule has 1 fully saturated rings. The third-order valence-electron chi connectivity index (χ3n) is 5.68. The van der Waals surface area contributed by atoms with Crippen LogP contribution in [0.2, 0.25) is 0 Å². The Morgan fingerprint density at radius 1 is 0.800 bits per heavy atom. The maximum absolute atomic E-state index is 12.1. The van der Waals surface area contributed by atoms with Gasteiger partial charge in [-0.1, -0.05) is 41.5 Å². The molecule has 1 aliphatic heterocycles. The van der Waals surface area contributed by atoms with E-state index in [-0.39, 0.29) is 27.7 Å². The van der Waals surface area contributed by atoms with Crippen LogP contribution in [0.1, 0.15) is 55.4 Å². The van der Waals surface area contributed by atoms with E-state index < -0.39 is 0 Å². The van der Waals surface area contributed by atoms with Crippen LogP contribution < -0.4 is 5.32 Å². The second-order valence-electron chi connectivity index (χ2n) is 6.95. The number of carbonyl (C=O) groups excluding carboxylic acids is 1. The number of hydrogen-bond acceptors (Lipinski definition) is 1. The fourth-order valence-electron chi connectivity index (χ4n) is 2.44. The number of nitrogens with one attached hydrogen (secondary N) is 1. The minimum absolute atomic E-state index is 0.0359. The van der Waals surface area contributed by atoms with Gasteiger partial charge in [0, 0.05) is 11.0 Å². The summed E-state index contributed by atoms with van der Waals surface area (Å²) < 4.78 is 0. The Kier molecular flexibility index (Phi) is 2.32. The van der Waals surface area contributed by atoms with Gasteiger partial charge in [0.05, 0.1) is 0 Å². The quantitative estimate of drug-likeness (QED) is 0.655. The van der Waals surface area contributed by atoms with Crippen molar-refractivity contribution in [2.24, 2.45) is 16.2 Å². The van der Waals surface area contributed by atoms with Crippen molar-refractivity contribution in [3.05, 3.63) is 0 Å².